The summed E-state index contributed by atoms with van der Waals surface area (Å²) in [5.41, 5.74) is 0.704. The van der Waals surface area contributed by atoms with Crippen molar-refractivity contribution in [1.29, 1.82) is 0 Å². The van der Waals surface area contributed by atoms with Gasteiger partial charge in [-0.25, -0.2) is 0 Å². The minimum absolute atomic E-state index is 0.0842. The van der Waals surface area contributed by atoms with Crippen molar-refractivity contribution in [3.63, 3.8) is 0 Å². The monoisotopic (exact) mass is 331 g/mol. The van der Waals surface area contributed by atoms with Crippen LogP contribution in [0.15, 0.2) is 24.3 Å². The van der Waals surface area contributed by atoms with Crippen LogP contribution in [0, 0.1) is 0 Å². The van der Waals surface area contributed by atoms with Crippen molar-refractivity contribution in [2.75, 3.05) is 6.61 Å². The molecule has 1 saturated heterocycles. The summed E-state index contributed by atoms with van der Waals surface area (Å²) in [6.07, 6.45) is -3.70. The van der Waals surface area contributed by atoms with Gasteiger partial charge in [0.15, 0.2) is 6.61 Å². The molecule has 1 aromatic carbocycles. The Labute approximate surface area is 130 Å². The summed E-state index contributed by atoms with van der Waals surface area (Å²) in [5.74, 6) is -1.000. The highest BCUT2D eigenvalue weighted by molar-refractivity contribution is 5.80. The first kappa shape index (κ1) is 17.1. The minimum Gasteiger partial charge on any atom is -0.484 e. The molecule has 1 aliphatic heterocycles. The van der Waals surface area contributed by atoms with Crippen LogP contribution in [0.3, 0.4) is 0 Å². The molecule has 0 bridgehead atoms. The second kappa shape index (κ2) is 6.89. The number of hydrogen-bond donors (Lipinski definition) is 1. The fraction of sp³-hybridized carbons (Fsp3) is 0.467. The number of ether oxygens (including phenoxy) is 1. The van der Waals surface area contributed by atoms with E-state index in [1.54, 1.807) is 12.1 Å². The third kappa shape index (κ3) is 5.15. The highest BCUT2D eigenvalue weighted by Gasteiger charge is 2.32. The molecule has 1 unspecified atom stereocenters. The molecule has 0 aromatic heterocycles. The van der Waals surface area contributed by atoms with E-state index < -0.39 is 18.8 Å². The summed E-state index contributed by atoms with van der Waals surface area (Å²) in [6, 6.07) is 5.58. The van der Waals surface area contributed by atoms with Crippen LogP contribution in [0.2, 0.25) is 0 Å². The number of rotatable bonds is 6. The number of carboxylic acid groups (broad SMARTS) is 1. The molecule has 126 valence electrons. The average molecular weight is 331 g/mol. The lowest BCUT2D eigenvalue weighted by molar-refractivity contribution is -0.153. The van der Waals surface area contributed by atoms with Crippen molar-refractivity contribution < 1.29 is 32.6 Å². The fourth-order valence-corrected chi connectivity index (χ4v) is 2.48. The molecule has 0 spiro atoms. The number of amides is 1. The van der Waals surface area contributed by atoms with Gasteiger partial charge >= 0.3 is 12.1 Å². The molecule has 1 atom stereocenters. The van der Waals surface area contributed by atoms with E-state index in [2.05, 4.69) is 4.74 Å². The standard InChI is InChI=1S/C15H16F3NO4/c16-15(17,18)9-23-12-4-1-10(2-5-12)8-19-11(7-14(21)22)3-6-13(19)20/h1-2,4-5,11H,3,6-9H2,(H,21,22). The SMILES string of the molecule is O=C(O)CC1CCC(=O)N1Cc1ccc(OCC(F)(F)F)cc1. The van der Waals surface area contributed by atoms with Crippen molar-refractivity contribution in [3.05, 3.63) is 29.8 Å². The van der Waals surface area contributed by atoms with Crippen molar-refractivity contribution in [2.24, 2.45) is 0 Å². The number of carboxylic acids is 1. The van der Waals surface area contributed by atoms with Gasteiger partial charge in [-0.3, -0.25) is 9.59 Å². The zero-order chi connectivity index (χ0) is 17.0. The van der Waals surface area contributed by atoms with Gasteiger partial charge in [-0.2, -0.15) is 13.2 Å². The quantitative estimate of drug-likeness (QED) is 0.870. The van der Waals surface area contributed by atoms with Crippen LogP contribution in [0.4, 0.5) is 13.2 Å². The van der Waals surface area contributed by atoms with Crippen LogP contribution in [-0.4, -0.2) is 40.7 Å². The van der Waals surface area contributed by atoms with Gasteiger partial charge in [-0.05, 0) is 24.1 Å². The van der Waals surface area contributed by atoms with Crippen molar-refractivity contribution in [3.8, 4) is 5.75 Å². The van der Waals surface area contributed by atoms with Crippen LogP contribution in [0.1, 0.15) is 24.8 Å². The van der Waals surface area contributed by atoms with Gasteiger partial charge < -0.3 is 14.7 Å². The van der Waals surface area contributed by atoms with Gasteiger partial charge in [-0.15, -0.1) is 0 Å². The number of nitrogens with zero attached hydrogens (tertiary/aromatic N) is 1. The molecule has 0 radical (unpaired) electrons. The van der Waals surface area contributed by atoms with Gasteiger partial charge in [0, 0.05) is 19.0 Å². The van der Waals surface area contributed by atoms with Gasteiger partial charge in [0.1, 0.15) is 5.75 Å². The van der Waals surface area contributed by atoms with E-state index in [1.807, 2.05) is 0 Å². The molecule has 1 aliphatic rings. The van der Waals surface area contributed by atoms with E-state index in [0.717, 1.165) is 0 Å². The second-order valence-electron chi connectivity index (χ2n) is 5.36. The Balaban J connectivity index is 1.96. The van der Waals surface area contributed by atoms with E-state index in [4.69, 9.17) is 5.11 Å². The van der Waals surface area contributed by atoms with E-state index in [0.29, 0.717) is 18.4 Å². The lowest BCUT2D eigenvalue weighted by Crippen LogP contribution is -2.33. The minimum atomic E-state index is -4.40. The Morgan fingerprint density at radius 2 is 1.96 bits per heavy atom. The predicted molar refractivity (Wildman–Crippen MR) is 73.8 cm³/mol. The maximum absolute atomic E-state index is 12.1. The van der Waals surface area contributed by atoms with Crippen LogP contribution in [0.5, 0.6) is 5.75 Å². The topological polar surface area (TPSA) is 66.8 Å². The van der Waals surface area contributed by atoms with E-state index in [9.17, 15) is 22.8 Å². The van der Waals surface area contributed by atoms with Crippen LogP contribution >= 0.6 is 0 Å². The molecule has 5 nitrogen and oxygen atoms in total. The first-order chi connectivity index (χ1) is 10.7. The lowest BCUT2D eigenvalue weighted by Gasteiger charge is -2.23. The number of alkyl halides is 3. The summed E-state index contributed by atoms with van der Waals surface area (Å²) in [4.78, 5) is 24.1. The number of likely N-dealkylation sites (tertiary alicyclic amines) is 1. The van der Waals surface area contributed by atoms with Crippen LogP contribution in [0.25, 0.3) is 0 Å². The Morgan fingerprint density at radius 3 is 2.52 bits per heavy atom. The van der Waals surface area contributed by atoms with E-state index >= 15 is 0 Å². The molecule has 1 fully saturated rings. The van der Waals surface area contributed by atoms with Gasteiger partial charge in [0.2, 0.25) is 5.91 Å². The van der Waals surface area contributed by atoms with Crippen molar-refractivity contribution >= 4 is 11.9 Å². The van der Waals surface area contributed by atoms with Crippen LogP contribution in [-0.2, 0) is 16.1 Å². The summed E-state index contributed by atoms with van der Waals surface area (Å²) in [5, 5.41) is 8.86. The highest BCUT2D eigenvalue weighted by atomic mass is 19.4. The maximum Gasteiger partial charge on any atom is 0.422 e. The maximum atomic E-state index is 12.1. The Bertz CT molecular complexity index is 571. The van der Waals surface area contributed by atoms with E-state index in [-0.39, 0.29) is 30.7 Å². The Morgan fingerprint density at radius 1 is 1.30 bits per heavy atom. The largest absolute Gasteiger partial charge is 0.484 e. The molecule has 1 amide bonds. The predicted octanol–water partition coefficient (Wildman–Crippen LogP) is 2.59. The normalized spacial score (nSPS) is 18.3. The molecule has 1 N–H and O–H groups in total. The molecule has 1 aromatic rings. The summed E-state index contributed by atoms with van der Waals surface area (Å²) >= 11 is 0. The van der Waals surface area contributed by atoms with Gasteiger partial charge in [0.05, 0.1) is 6.42 Å². The zero-order valence-corrected chi connectivity index (χ0v) is 12.2. The fourth-order valence-electron chi connectivity index (χ4n) is 2.48. The average Bonchev–Trinajstić information content (AvgIpc) is 2.78. The zero-order valence-electron chi connectivity index (χ0n) is 12.2. The second-order valence-corrected chi connectivity index (χ2v) is 5.36. The molecule has 23 heavy (non-hydrogen) atoms. The highest BCUT2D eigenvalue weighted by Crippen LogP contribution is 2.25. The number of hydrogen-bond acceptors (Lipinski definition) is 3. The summed E-state index contributed by atoms with van der Waals surface area (Å²) in [6.45, 7) is -1.13. The van der Waals surface area contributed by atoms with Gasteiger partial charge in [-0.1, -0.05) is 12.1 Å². The first-order valence-electron chi connectivity index (χ1n) is 7.04. The van der Waals surface area contributed by atoms with Crippen molar-refractivity contribution in [2.45, 2.75) is 38.0 Å². The number of carbonyl (C=O) groups excluding carboxylic acids is 1. The van der Waals surface area contributed by atoms with Crippen LogP contribution < -0.4 is 4.74 Å². The molecule has 2 rings (SSSR count). The summed E-state index contributed by atoms with van der Waals surface area (Å²) < 4.78 is 40.8. The lowest BCUT2D eigenvalue weighted by atomic mass is 10.1. The first-order valence-corrected chi connectivity index (χ1v) is 7.04. The molecular weight excluding hydrogens is 315 g/mol. The van der Waals surface area contributed by atoms with E-state index in [1.165, 1.54) is 17.0 Å². The Kier molecular flexibility index (Phi) is 5.12. The molecule has 1 heterocycles. The van der Waals surface area contributed by atoms with Gasteiger partial charge in [0.25, 0.3) is 0 Å². The smallest absolute Gasteiger partial charge is 0.422 e. The molecule has 8 heteroatoms. The number of aliphatic carboxylic acids is 1. The van der Waals surface area contributed by atoms with Crippen molar-refractivity contribution in [1.82, 2.24) is 4.90 Å². The number of halogens is 3. The number of benzene rings is 1. The molecular formula is C15H16F3NO4. The third-order valence-corrected chi connectivity index (χ3v) is 3.54. The molecule has 0 aliphatic carbocycles. The third-order valence-electron chi connectivity index (χ3n) is 3.54. The Hall–Kier alpha value is -2.25. The molecule has 0 saturated carbocycles. The summed E-state index contributed by atoms with van der Waals surface area (Å²) in [7, 11) is 0. The number of carbonyl (C=O) groups is 2.